The normalized spacial score (nSPS) is 12.2. The fourth-order valence-electron chi connectivity index (χ4n) is 1.39. The molecule has 0 radical (unpaired) electrons. The number of carboxylic acid groups (broad SMARTS) is 1. The number of benzene rings is 1. The van der Waals surface area contributed by atoms with E-state index in [0.29, 0.717) is 6.54 Å². The summed E-state index contributed by atoms with van der Waals surface area (Å²) in [5, 5.41) is 11.7. The molecule has 0 aromatic heterocycles. The minimum Gasteiger partial charge on any atom is -0.478 e. The van der Waals surface area contributed by atoms with Crippen LogP contribution in [0.25, 0.3) is 0 Å². The highest BCUT2D eigenvalue weighted by molar-refractivity contribution is 6.04. The van der Waals surface area contributed by atoms with Crippen LogP contribution in [0.2, 0.25) is 0 Å². The Balaban J connectivity index is 2.76. The van der Waals surface area contributed by atoms with E-state index in [1.807, 2.05) is 25.9 Å². The molecule has 1 atom stereocenters. The molecule has 0 aliphatic heterocycles. The minimum absolute atomic E-state index is 0.0208. The lowest BCUT2D eigenvalue weighted by Crippen LogP contribution is -2.38. The molecule has 1 aromatic carbocycles. The smallest absolute Gasteiger partial charge is 0.336 e. The summed E-state index contributed by atoms with van der Waals surface area (Å²) in [4.78, 5) is 24.9. The van der Waals surface area contributed by atoms with Gasteiger partial charge in [0.15, 0.2) is 0 Å². The first-order valence-corrected chi connectivity index (χ1v) is 5.70. The van der Waals surface area contributed by atoms with Crippen LogP contribution in [-0.4, -0.2) is 48.6 Å². The van der Waals surface area contributed by atoms with E-state index < -0.39 is 5.97 Å². The standard InChI is InChI=1S/C13H18N2O3/c1-9(15(2)3)8-14-12(16)10-6-4-5-7-11(10)13(17)18/h4-7,9H,8H2,1-3H3,(H,14,16)(H,17,18). The Morgan fingerprint density at radius 3 is 2.33 bits per heavy atom. The van der Waals surface area contributed by atoms with Crippen LogP contribution >= 0.6 is 0 Å². The highest BCUT2D eigenvalue weighted by atomic mass is 16.4. The van der Waals surface area contributed by atoms with Crippen molar-refractivity contribution in [2.75, 3.05) is 20.6 Å². The van der Waals surface area contributed by atoms with E-state index in [2.05, 4.69) is 5.32 Å². The van der Waals surface area contributed by atoms with Crippen LogP contribution in [0.4, 0.5) is 0 Å². The first kappa shape index (κ1) is 14.2. The first-order chi connectivity index (χ1) is 8.43. The van der Waals surface area contributed by atoms with E-state index in [0.717, 1.165) is 0 Å². The number of nitrogens with zero attached hydrogens (tertiary/aromatic N) is 1. The second-order valence-electron chi connectivity index (χ2n) is 4.37. The van der Waals surface area contributed by atoms with Crippen LogP contribution in [0.1, 0.15) is 27.6 Å². The molecule has 1 unspecified atom stereocenters. The second-order valence-corrected chi connectivity index (χ2v) is 4.37. The molecule has 2 N–H and O–H groups in total. The van der Waals surface area contributed by atoms with E-state index in [1.165, 1.54) is 12.1 Å². The number of likely N-dealkylation sites (N-methyl/N-ethyl adjacent to an activating group) is 1. The maximum Gasteiger partial charge on any atom is 0.336 e. The number of hydrogen-bond donors (Lipinski definition) is 2. The minimum atomic E-state index is -1.10. The average molecular weight is 250 g/mol. The lowest BCUT2D eigenvalue weighted by atomic mass is 10.1. The van der Waals surface area contributed by atoms with Crippen LogP contribution in [0.5, 0.6) is 0 Å². The fraction of sp³-hybridized carbons (Fsp3) is 0.385. The number of hydrogen-bond acceptors (Lipinski definition) is 3. The van der Waals surface area contributed by atoms with E-state index in [-0.39, 0.29) is 23.1 Å². The summed E-state index contributed by atoms with van der Waals surface area (Å²) in [6.07, 6.45) is 0. The molecule has 0 fully saturated rings. The number of amides is 1. The Labute approximate surface area is 106 Å². The van der Waals surface area contributed by atoms with Gasteiger partial charge < -0.3 is 15.3 Å². The monoisotopic (exact) mass is 250 g/mol. The third-order valence-electron chi connectivity index (χ3n) is 2.84. The molecule has 0 spiro atoms. The van der Waals surface area contributed by atoms with Gasteiger partial charge in [-0.05, 0) is 33.2 Å². The van der Waals surface area contributed by atoms with Crippen molar-refractivity contribution < 1.29 is 14.7 Å². The molecular weight excluding hydrogens is 232 g/mol. The van der Waals surface area contributed by atoms with E-state index in [4.69, 9.17) is 5.11 Å². The number of aromatic carboxylic acids is 1. The van der Waals surface area contributed by atoms with Crippen molar-refractivity contribution in [2.45, 2.75) is 13.0 Å². The van der Waals surface area contributed by atoms with Gasteiger partial charge in [-0.25, -0.2) is 4.79 Å². The maximum atomic E-state index is 11.9. The summed E-state index contributed by atoms with van der Waals surface area (Å²) >= 11 is 0. The number of nitrogens with one attached hydrogen (secondary N) is 1. The summed E-state index contributed by atoms with van der Waals surface area (Å²) in [7, 11) is 3.84. The van der Waals surface area contributed by atoms with Crippen molar-refractivity contribution in [2.24, 2.45) is 0 Å². The zero-order valence-electron chi connectivity index (χ0n) is 10.8. The molecule has 0 aliphatic carbocycles. The van der Waals surface area contributed by atoms with Gasteiger partial charge in [0.2, 0.25) is 0 Å². The van der Waals surface area contributed by atoms with Gasteiger partial charge in [-0.15, -0.1) is 0 Å². The quantitative estimate of drug-likeness (QED) is 0.820. The summed E-state index contributed by atoms with van der Waals surface area (Å²) in [6.45, 7) is 2.45. The third kappa shape index (κ3) is 3.56. The van der Waals surface area contributed by atoms with Gasteiger partial charge >= 0.3 is 5.97 Å². The molecular formula is C13H18N2O3. The molecule has 0 bridgehead atoms. The Morgan fingerprint density at radius 1 is 1.28 bits per heavy atom. The zero-order valence-corrected chi connectivity index (χ0v) is 10.8. The molecule has 5 nitrogen and oxygen atoms in total. The van der Waals surface area contributed by atoms with Gasteiger partial charge in [-0.3, -0.25) is 4.79 Å². The topological polar surface area (TPSA) is 69.6 Å². The van der Waals surface area contributed by atoms with Crippen molar-refractivity contribution in [3.63, 3.8) is 0 Å². The van der Waals surface area contributed by atoms with Crippen molar-refractivity contribution >= 4 is 11.9 Å². The van der Waals surface area contributed by atoms with Gasteiger partial charge in [-0.2, -0.15) is 0 Å². The lowest BCUT2D eigenvalue weighted by molar-refractivity contribution is 0.0691. The molecule has 0 saturated carbocycles. The molecule has 98 valence electrons. The van der Waals surface area contributed by atoms with Gasteiger partial charge in [0.05, 0.1) is 11.1 Å². The van der Waals surface area contributed by atoms with Crippen molar-refractivity contribution in [1.82, 2.24) is 10.2 Å². The highest BCUT2D eigenvalue weighted by Gasteiger charge is 2.16. The molecule has 0 heterocycles. The molecule has 18 heavy (non-hydrogen) atoms. The zero-order chi connectivity index (χ0) is 13.7. The molecule has 1 aromatic rings. The first-order valence-electron chi connectivity index (χ1n) is 5.70. The molecule has 0 aliphatic rings. The largest absolute Gasteiger partial charge is 0.478 e. The maximum absolute atomic E-state index is 11.9. The average Bonchev–Trinajstić information content (AvgIpc) is 2.35. The van der Waals surface area contributed by atoms with Gasteiger partial charge in [0.1, 0.15) is 0 Å². The summed E-state index contributed by atoms with van der Waals surface area (Å²) in [5.41, 5.74) is 0.212. The second kappa shape index (κ2) is 6.16. The molecule has 1 amide bonds. The Morgan fingerprint density at radius 2 is 1.83 bits per heavy atom. The van der Waals surface area contributed by atoms with Crippen LogP contribution in [0.15, 0.2) is 24.3 Å². The van der Waals surface area contributed by atoms with Gasteiger partial charge in [0.25, 0.3) is 5.91 Å². The Bertz CT molecular complexity index is 444. The third-order valence-corrected chi connectivity index (χ3v) is 2.84. The lowest BCUT2D eigenvalue weighted by Gasteiger charge is -2.20. The van der Waals surface area contributed by atoms with Gasteiger partial charge in [0, 0.05) is 12.6 Å². The van der Waals surface area contributed by atoms with Crippen LogP contribution in [-0.2, 0) is 0 Å². The van der Waals surface area contributed by atoms with Crippen molar-refractivity contribution in [3.8, 4) is 0 Å². The summed E-state index contributed by atoms with van der Waals surface area (Å²) in [5.74, 6) is -1.46. The predicted octanol–water partition coefficient (Wildman–Crippen LogP) is 1.06. The molecule has 1 rings (SSSR count). The number of carbonyl (C=O) groups excluding carboxylic acids is 1. The number of carboxylic acids is 1. The van der Waals surface area contributed by atoms with E-state index in [9.17, 15) is 9.59 Å². The van der Waals surface area contributed by atoms with Crippen LogP contribution < -0.4 is 5.32 Å². The molecule has 5 heteroatoms. The summed E-state index contributed by atoms with van der Waals surface area (Å²) in [6, 6.07) is 6.37. The summed E-state index contributed by atoms with van der Waals surface area (Å²) < 4.78 is 0. The Hall–Kier alpha value is -1.88. The SMILES string of the molecule is CC(CNC(=O)c1ccccc1C(=O)O)N(C)C. The fourth-order valence-corrected chi connectivity index (χ4v) is 1.39. The van der Waals surface area contributed by atoms with Crippen LogP contribution in [0, 0.1) is 0 Å². The van der Waals surface area contributed by atoms with Crippen molar-refractivity contribution in [3.05, 3.63) is 35.4 Å². The van der Waals surface area contributed by atoms with Crippen molar-refractivity contribution in [1.29, 1.82) is 0 Å². The van der Waals surface area contributed by atoms with E-state index in [1.54, 1.807) is 12.1 Å². The highest BCUT2D eigenvalue weighted by Crippen LogP contribution is 2.08. The van der Waals surface area contributed by atoms with Crippen LogP contribution in [0.3, 0.4) is 0 Å². The number of carbonyl (C=O) groups is 2. The Kier molecular flexibility index (Phi) is 4.85. The molecule has 0 saturated heterocycles. The number of rotatable bonds is 5. The van der Waals surface area contributed by atoms with Gasteiger partial charge in [-0.1, -0.05) is 12.1 Å². The van der Waals surface area contributed by atoms with E-state index >= 15 is 0 Å². The predicted molar refractivity (Wildman–Crippen MR) is 68.9 cm³/mol.